The van der Waals surface area contributed by atoms with Gasteiger partial charge in [0, 0.05) is 33.0 Å². The predicted molar refractivity (Wildman–Crippen MR) is 106 cm³/mol. The third-order valence-electron chi connectivity index (χ3n) is 4.57. The Morgan fingerprint density at radius 2 is 2.00 bits per heavy atom. The Bertz CT molecular complexity index is 1050. The quantitative estimate of drug-likeness (QED) is 0.596. The number of nitrogens with zero attached hydrogens (tertiary/aromatic N) is 1. The summed E-state index contributed by atoms with van der Waals surface area (Å²) in [4.78, 5) is 29.7. The van der Waals surface area contributed by atoms with Crippen molar-refractivity contribution in [3.63, 3.8) is 0 Å². The summed E-state index contributed by atoms with van der Waals surface area (Å²) >= 11 is 9.45. The van der Waals surface area contributed by atoms with Crippen molar-refractivity contribution in [3.8, 4) is 0 Å². The van der Waals surface area contributed by atoms with Crippen LogP contribution in [0.25, 0.3) is 10.9 Å². The minimum atomic E-state index is -0.601. The van der Waals surface area contributed by atoms with Gasteiger partial charge in [0.15, 0.2) is 0 Å². The van der Waals surface area contributed by atoms with Gasteiger partial charge in [-0.1, -0.05) is 27.5 Å². The summed E-state index contributed by atoms with van der Waals surface area (Å²) in [5.41, 5.74) is 3.30. The van der Waals surface area contributed by atoms with Crippen molar-refractivity contribution in [1.29, 1.82) is 0 Å². The number of carbonyl (C=O) groups excluding carboxylic acids is 2. The Morgan fingerprint density at radius 3 is 2.77 bits per heavy atom. The van der Waals surface area contributed by atoms with Crippen LogP contribution in [0.15, 0.2) is 47.1 Å². The van der Waals surface area contributed by atoms with Gasteiger partial charge in [-0.25, -0.2) is 9.69 Å². The van der Waals surface area contributed by atoms with E-state index in [2.05, 4.69) is 26.2 Å². The first-order valence-electron chi connectivity index (χ1n) is 8.10. The standard InChI is InChI=1S/C19H15BrClN3O2/c1-10-6-13(21)3-5-17(10)24-18(25)16(23-19(24)26)7-11-9-22-15-4-2-12(20)8-14(11)15/h2-6,8-9,16,22H,7H2,1H3,(H,23,26)/t16-/m1/s1. The molecule has 1 fully saturated rings. The van der Waals surface area contributed by atoms with Gasteiger partial charge in [-0.3, -0.25) is 4.79 Å². The number of urea groups is 1. The second-order valence-electron chi connectivity index (χ2n) is 6.31. The number of aromatic nitrogens is 1. The first kappa shape index (κ1) is 17.1. The van der Waals surface area contributed by atoms with Crippen molar-refractivity contribution in [1.82, 2.24) is 10.3 Å². The van der Waals surface area contributed by atoms with Gasteiger partial charge in [0.05, 0.1) is 5.69 Å². The molecule has 1 aromatic heterocycles. The highest BCUT2D eigenvalue weighted by molar-refractivity contribution is 9.10. The van der Waals surface area contributed by atoms with Crippen LogP contribution in [0.3, 0.4) is 0 Å². The van der Waals surface area contributed by atoms with E-state index in [-0.39, 0.29) is 5.91 Å². The summed E-state index contributed by atoms with van der Waals surface area (Å²) in [7, 11) is 0. The number of halogens is 2. The maximum absolute atomic E-state index is 12.9. The fourth-order valence-corrected chi connectivity index (χ4v) is 3.89. The van der Waals surface area contributed by atoms with Crippen molar-refractivity contribution in [2.24, 2.45) is 0 Å². The van der Waals surface area contributed by atoms with Gasteiger partial charge in [0.25, 0.3) is 5.91 Å². The molecule has 0 unspecified atom stereocenters. The Hall–Kier alpha value is -2.31. The molecule has 1 atom stereocenters. The smallest absolute Gasteiger partial charge is 0.329 e. The molecule has 1 saturated heterocycles. The van der Waals surface area contributed by atoms with Gasteiger partial charge in [-0.05, 0) is 54.4 Å². The van der Waals surface area contributed by atoms with Gasteiger partial charge in [-0.2, -0.15) is 0 Å². The van der Waals surface area contributed by atoms with Crippen molar-refractivity contribution >= 4 is 56.1 Å². The molecule has 0 saturated carbocycles. The lowest BCUT2D eigenvalue weighted by molar-refractivity contribution is -0.118. The van der Waals surface area contributed by atoms with Crippen LogP contribution >= 0.6 is 27.5 Å². The lowest BCUT2D eigenvalue weighted by Gasteiger charge is -2.16. The largest absolute Gasteiger partial charge is 0.361 e. The number of rotatable bonds is 3. The molecule has 3 aromatic rings. The average Bonchev–Trinajstić information content (AvgIpc) is 3.10. The molecule has 5 nitrogen and oxygen atoms in total. The number of H-pyrrole nitrogens is 1. The molecule has 0 aliphatic carbocycles. The van der Waals surface area contributed by atoms with E-state index >= 15 is 0 Å². The SMILES string of the molecule is Cc1cc(Cl)ccc1N1C(=O)N[C@H](Cc2c[nH]c3ccc(Br)cc23)C1=O. The summed E-state index contributed by atoms with van der Waals surface area (Å²) in [6, 6.07) is 10.0. The van der Waals surface area contributed by atoms with E-state index in [1.165, 1.54) is 4.90 Å². The monoisotopic (exact) mass is 431 g/mol. The summed E-state index contributed by atoms with van der Waals surface area (Å²) in [5, 5.41) is 4.39. The number of hydrogen-bond donors (Lipinski definition) is 2. The molecule has 4 rings (SSSR count). The fraction of sp³-hybridized carbons (Fsp3) is 0.158. The van der Waals surface area contributed by atoms with Crippen molar-refractivity contribution in [2.75, 3.05) is 4.90 Å². The number of amides is 3. The van der Waals surface area contributed by atoms with E-state index in [9.17, 15) is 9.59 Å². The topological polar surface area (TPSA) is 65.2 Å². The molecule has 0 spiro atoms. The van der Waals surface area contributed by atoms with Crippen LogP contribution in [0.1, 0.15) is 11.1 Å². The van der Waals surface area contributed by atoms with Gasteiger partial charge in [0.1, 0.15) is 6.04 Å². The Balaban J connectivity index is 1.63. The summed E-state index contributed by atoms with van der Waals surface area (Å²) in [6.45, 7) is 1.83. The number of fused-ring (bicyclic) bond motifs is 1. The number of imide groups is 1. The lowest BCUT2D eigenvalue weighted by Crippen LogP contribution is -2.32. The second kappa shape index (κ2) is 6.45. The molecular formula is C19H15BrClN3O2. The first-order chi connectivity index (χ1) is 12.4. The minimum absolute atomic E-state index is 0.259. The van der Waals surface area contributed by atoms with Gasteiger partial charge >= 0.3 is 6.03 Å². The highest BCUT2D eigenvalue weighted by Crippen LogP contribution is 2.29. The highest BCUT2D eigenvalue weighted by Gasteiger charge is 2.39. The number of aromatic amines is 1. The zero-order valence-corrected chi connectivity index (χ0v) is 16.2. The van der Waals surface area contributed by atoms with Gasteiger partial charge in [0.2, 0.25) is 0 Å². The first-order valence-corrected chi connectivity index (χ1v) is 9.27. The van der Waals surface area contributed by atoms with E-state index in [4.69, 9.17) is 11.6 Å². The zero-order chi connectivity index (χ0) is 18.4. The Morgan fingerprint density at radius 1 is 1.19 bits per heavy atom. The molecule has 132 valence electrons. The third-order valence-corrected chi connectivity index (χ3v) is 5.30. The summed E-state index contributed by atoms with van der Waals surface area (Å²) < 4.78 is 0.964. The van der Waals surface area contributed by atoms with E-state index < -0.39 is 12.1 Å². The fourth-order valence-electron chi connectivity index (χ4n) is 3.31. The van der Waals surface area contributed by atoms with Crippen LogP contribution in [0.5, 0.6) is 0 Å². The van der Waals surface area contributed by atoms with Crippen molar-refractivity contribution in [2.45, 2.75) is 19.4 Å². The minimum Gasteiger partial charge on any atom is -0.361 e. The number of hydrogen-bond acceptors (Lipinski definition) is 2. The highest BCUT2D eigenvalue weighted by atomic mass is 79.9. The molecule has 2 N–H and O–H groups in total. The van der Waals surface area contributed by atoms with Gasteiger partial charge in [-0.15, -0.1) is 0 Å². The van der Waals surface area contributed by atoms with E-state index in [0.29, 0.717) is 17.1 Å². The summed E-state index contributed by atoms with van der Waals surface area (Å²) in [6.07, 6.45) is 2.30. The zero-order valence-electron chi connectivity index (χ0n) is 13.8. The molecule has 2 aromatic carbocycles. The van der Waals surface area contributed by atoms with Crippen LogP contribution in [-0.4, -0.2) is 23.0 Å². The van der Waals surface area contributed by atoms with Gasteiger partial charge < -0.3 is 10.3 Å². The van der Waals surface area contributed by atoms with Crippen molar-refractivity contribution < 1.29 is 9.59 Å². The molecule has 1 aliphatic rings. The molecule has 0 radical (unpaired) electrons. The van der Waals surface area contributed by atoms with E-state index in [1.54, 1.807) is 18.2 Å². The molecule has 26 heavy (non-hydrogen) atoms. The van der Waals surface area contributed by atoms with E-state index in [0.717, 1.165) is 26.5 Å². The number of aryl methyl sites for hydroxylation is 1. The molecular weight excluding hydrogens is 418 g/mol. The maximum atomic E-state index is 12.9. The van der Waals surface area contributed by atoms with Crippen LogP contribution in [0, 0.1) is 6.92 Å². The predicted octanol–water partition coefficient (Wildman–Crippen LogP) is 4.56. The van der Waals surface area contributed by atoms with Crippen LogP contribution in [-0.2, 0) is 11.2 Å². The lowest BCUT2D eigenvalue weighted by atomic mass is 10.0. The van der Waals surface area contributed by atoms with E-state index in [1.807, 2.05) is 31.3 Å². The molecule has 2 heterocycles. The second-order valence-corrected chi connectivity index (χ2v) is 7.67. The van der Waals surface area contributed by atoms with Crippen LogP contribution < -0.4 is 10.2 Å². The molecule has 7 heteroatoms. The van der Waals surface area contributed by atoms with Crippen LogP contribution in [0.2, 0.25) is 5.02 Å². The number of carbonyl (C=O) groups is 2. The number of nitrogens with one attached hydrogen (secondary N) is 2. The summed E-state index contributed by atoms with van der Waals surface area (Å²) in [5.74, 6) is -0.259. The average molecular weight is 433 g/mol. The van der Waals surface area contributed by atoms with Crippen LogP contribution in [0.4, 0.5) is 10.5 Å². The number of benzene rings is 2. The molecule has 3 amide bonds. The normalized spacial score (nSPS) is 17.2. The van der Waals surface area contributed by atoms with Crippen molar-refractivity contribution in [3.05, 3.63) is 63.2 Å². The number of anilines is 1. The molecule has 0 bridgehead atoms. The Labute approximate surface area is 163 Å². The molecule has 1 aliphatic heterocycles. The third kappa shape index (κ3) is 2.89. The maximum Gasteiger partial charge on any atom is 0.329 e. The Kier molecular flexibility index (Phi) is 4.25.